The summed E-state index contributed by atoms with van der Waals surface area (Å²) in [6.07, 6.45) is 4.04. The number of nitrogens with zero attached hydrogens (tertiary/aromatic N) is 6. The molecule has 0 unspecified atom stereocenters. The number of phosphoric ester groups is 1. The van der Waals surface area contributed by atoms with Gasteiger partial charge in [-0.1, -0.05) is 11.6 Å². The van der Waals surface area contributed by atoms with Crippen LogP contribution in [0.1, 0.15) is 46.9 Å². The summed E-state index contributed by atoms with van der Waals surface area (Å²) in [4.78, 5) is 40.5. The Hall–Kier alpha value is -3.25. The van der Waals surface area contributed by atoms with Crippen LogP contribution in [-0.4, -0.2) is 75.6 Å². The second-order valence-corrected chi connectivity index (χ2v) is 13.8. The van der Waals surface area contributed by atoms with E-state index in [4.69, 9.17) is 26.2 Å². The molecule has 2 aliphatic rings. The molecular weight excluding hydrogens is 609 g/mol. The van der Waals surface area contributed by atoms with E-state index < -0.39 is 35.9 Å². The highest BCUT2D eigenvalue weighted by atomic mass is 35.5. The van der Waals surface area contributed by atoms with Crippen LogP contribution in [0.15, 0.2) is 30.5 Å². The Morgan fingerprint density at radius 1 is 1.26 bits per heavy atom. The summed E-state index contributed by atoms with van der Waals surface area (Å²) < 4.78 is 44.1. The number of halogens is 1. The molecule has 5 rings (SSSR count). The minimum Gasteiger partial charge on any atom is -0.352 e. The number of hydrogen-bond acceptors (Lipinski definition) is 9. The van der Waals surface area contributed by atoms with Crippen LogP contribution < -0.4 is 9.62 Å². The van der Waals surface area contributed by atoms with Crippen LogP contribution in [0, 0.1) is 24.2 Å². The number of fused-ring (bicyclic) bond motifs is 1. The number of rotatable bonds is 7. The molecule has 4 heterocycles. The number of nitriles is 1. The zero-order chi connectivity index (χ0) is 30.4. The number of aryl methyl sites for hydroxylation is 1. The summed E-state index contributed by atoms with van der Waals surface area (Å²) in [5, 5.41) is 14.5. The van der Waals surface area contributed by atoms with E-state index in [1.807, 2.05) is 13.0 Å². The average molecular weight is 638 g/mol. The molecule has 0 saturated carbocycles. The molecule has 0 bridgehead atoms. The van der Waals surface area contributed by atoms with E-state index in [1.54, 1.807) is 26.6 Å². The second kappa shape index (κ2) is 11.4. The van der Waals surface area contributed by atoms with Gasteiger partial charge in [0.05, 0.1) is 41.2 Å². The Bertz CT molecular complexity index is 1740. The van der Waals surface area contributed by atoms with Gasteiger partial charge in [0.25, 0.3) is 5.91 Å². The van der Waals surface area contributed by atoms with Gasteiger partial charge in [-0.05, 0) is 44.4 Å². The lowest BCUT2D eigenvalue weighted by molar-refractivity contribution is 0.0606. The number of phosphoric acid groups is 1. The van der Waals surface area contributed by atoms with Crippen molar-refractivity contribution in [2.75, 3.05) is 35.5 Å². The Morgan fingerprint density at radius 2 is 2.02 bits per heavy atom. The first-order valence-electron chi connectivity index (χ1n) is 13.1. The van der Waals surface area contributed by atoms with Gasteiger partial charge in [-0.25, -0.2) is 22.5 Å². The molecule has 1 aromatic carbocycles. The monoisotopic (exact) mass is 637 g/mol. The van der Waals surface area contributed by atoms with Gasteiger partial charge in [-0.2, -0.15) is 10.4 Å². The Morgan fingerprint density at radius 3 is 2.71 bits per heavy atom. The molecule has 1 amide bonds. The largest absolute Gasteiger partial charge is 0.469 e. The molecule has 0 aliphatic carbocycles. The highest BCUT2D eigenvalue weighted by molar-refractivity contribution is 7.92. The summed E-state index contributed by atoms with van der Waals surface area (Å²) in [5.41, 5.74) is 2.07. The van der Waals surface area contributed by atoms with Crippen LogP contribution >= 0.6 is 19.4 Å². The molecule has 2 fully saturated rings. The number of likely N-dealkylation sites (tertiary alicyclic amines) is 1. The lowest BCUT2D eigenvalue weighted by atomic mass is 9.98. The number of carbonyl (C=O) groups excluding carboxylic acids is 1. The van der Waals surface area contributed by atoms with Crippen molar-refractivity contribution in [3.8, 4) is 6.07 Å². The van der Waals surface area contributed by atoms with Gasteiger partial charge in [0.1, 0.15) is 11.9 Å². The molecule has 0 radical (unpaired) electrons. The van der Waals surface area contributed by atoms with E-state index in [9.17, 15) is 32.8 Å². The lowest BCUT2D eigenvalue weighted by Crippen LogP contribution is -2.39. The summed E-state index contributed by atoms with van der Waals surface area (Å²) in [6, 6.07) is 7.82. The fourth-order valence-corrected chi connectivity index (χ4v) is 6.79. The van der Waals surface area contributed by atoms with Crippen LogP contribution in [0.5, 0.6) is 0 Å². The number of carbonyl (C=O) groups is 1. The molecule has 42 heavy (non-hydrogen) atoms. The maximum atomic E-state index is 13.8. The maximum Gasteiger partial charge on any atom is 0.469 e. The Balaban J connectivity index is 1.45. The molecule has 2 saturated heterocycles. The summed E-state index contributed by atoms with van der Waals surface area (Å²) in [6.45, 7) is 2.50. The number of anilines is 2. The third-order valence-corrected chi connectivity index (χ3v) is 8.61. The molecule has 3 N–H and O–H groups in total. The van der Waals surface area contributed by atoms with E-state index in [2.05, 4.69) is 4.72 Å². The minimum atomic E-state index is -4.79. The van der Waals surface area contributed by atoms with Crippen LogP contribution in [0.3, 0.4) is 0 Å². The van der Waals surface area contributed by atoms with Gasteiger partial charge in [0.15, 0.2) is 5.65 Å². The van der Waals surface area contributed by atoms with Crippen molar-refractivity contribution in [2.24, 2.45) is 5.92 Å². The van der Waals surface area contributed by atoms with E-state index in [1.165, 1.54) is 18.2 Å². The van der Waals surface area contributed by atoms with E-state index in [0.717, 1.165) is 24.7 Å². The number of benzene rings is 1. The van der Waals surface area contributed by atoms with E-state index >= 15 is 0 Å². The zero-order valence-electron chi connectivity index (χ0n) is 22.7. The van der Waals surface area contributed by atoms with Gasteiger partial charge in [0.2, 0.25) is 10.0 Å². The van der Waals surface area contributed by atoms with Gasteiger partial charge < -0.3 is 19.6 Å². The van der Waals surface area contributed by atoms with Crippen molar-refractivity contribution in [1.82, 2.24) is 19.5 Å². The van der Waals surface area contributed by atoms with Gasteiger partial charge in [-0.3, -0.25) is 14.0 Å². The molecule has 14 nitrogen and oxygen atoms in total. The topological polar surface area (TPSA) is 190 Å². The predicted octanol–water partition coefficient (Wildman–Crippen LogP) is 2.87. The SMILES string of the molecule is Cc1cn2nc([C@@H]3CCCCN3C(=O)c3cc(Cl)ccc3NS(C)(=O)=O)cc2nc1N1C[C@@H](C#N)[C@@H](OP(=O)(O)O)C1. The Kier molecular flexibility index (Phi) is 8.23. The molecule has 0 spiro atoms. The molecule has 3 aromatic rings. The van der Waals surface area contributed by atoms with E-state index in [0.29, 0.717) is 35.1 Å². The molecule has 17 heteroatoms. The Labute approximate surface area is 247 Å². The average Bonchev–Trinajstić information content (AvgIpc) is 3.50. The van der Waals surface area contributed by atoms with Crippen molar-refractivity contribution in [3.05, 3.63) is 52.3 Å². The number of piperidine rings is 1. The highest BCUT2D eigenvalue weighted by Crippen LogP contribution is 2.42. The van der Waals surface area contributed by atoms with Crippen molar-refractivity contribution >= 4 is 52.5 Å². The molecule has 224 valence electrons. The van der Waals surface area contributed by atoms with Crippen molar-refractivity contribution in [3.63, 3.8) is 0 Å². The van der Waals surface area contributed by atoms with Crippen LogP contribution in [0.25, 0.3) is 5.65 Å². The number of nitrogens with one attached hydrogen (secondary N) is 1. The van der Waals surface area contributed by atoms with Gasteiger partial charge >= 0.3 is 7.82 Å². The van der Waals surface area contributed by atoms with Crippen molar-refractivity contribution < 1.29 is 32.1 Å². The first kappa shape index (κ1) is 30.2. The number of amides is 1. The standard InChI is InChI=1S/C25H29ClN7O7PS/c1-15-12-33-23(28-24(15)31-13-16(11-27)22(14-31)40-41(35,36)37)10-20(29-33)21-5-3-4-8-32(21)25(34)18-9-17(26)6-7-19(18)30-42(2,38)39/h6-7,9-10,12,16,21-22,30H,3-5,8,13-14H2,1-2H3,(H2,35,36,37)/t16-,21+,22+/m1/s1. The quantitative estimate of drug-likeness (QED) is 0.323. The highest BCUT2D eigenvalue weighted by Gasteiger charge is 2.39. The third kappa shape index (κ3) is 6.54. The maximum absolute atomic E-state index is 13.8. The smallest absolute Gasteiger partial charge is 0.352 e. The fraction of sp³-hybridized carbons (Fsp3) is 0.440. The number of aromatic nitrogens is 3. The van der Waals surface area contributed by atoms with Crippen molar-refractivity contribution in [2.45, 2.75) is 38.3 Å². The number of hydrogen-bond donors (Lipinski definition) is 3. The summed E-state index contributed by atoms with van der Waals surface area (Å²) in [7, 11) is -8.43. The molecule has 2 aromatic heterocycles. The van der Waals surface area contributed by atoms with Gasteiger partial charge in [0, 0.05) is 42.5 Å². The fourth-order valence-electron chi connectivity index (χ4n) is 5.48. The summed E-state index contributed by atoms with van der Waals surface area (Å²) in [5.74, 6) is -0.616. The summed E-state index contributed by atoms with van der Waals surface area (Å²) >= 11 is 6.18. The molecule has 2 aliphatic heterocycles. The normalized spacial score (nSPS) is 21.5. The minimum absolute atomic E-state index is 0.0722. The van der Waals surface area contributed by atoms with Crippen molar-refractivity contribution in [1.29, 1.82) is 5.26 Å². The van der Waals surface area contributed by atoms with E-state index in [-0.39, 0.29) is 30.2 Å². The predicted molar refractivity (Wildman–Crippen MR) is 154 cm³/mol. The lowest BCUT2D eigenvalue weighted by Gasteiger charge is -2.35. The zero-order valence-corrected chi connectivity index (χ0v) is 25.2. The molecule has 3 atom stereocenters. The van der Waals surface area contributed by atoms with Crippen LogP contribution in [-0.2, 0) is 19.1 Å². The number of sulfonamides is 1. The first-order valence-corrected chi connectivity index (χ1v) is 16.9. The second-order valence-electron chi connectivity index (χ2n) is 10.5. The third-order valence-electron chi connectivity index (χ3n) is 7.24. The van der Waals surface area contributed by atoms with Crippen LogP contribution in [0.2, 0.25) is 5.02 Å². The van der Waals surface area contributed by atoms with Crippen LogP contribution in [0.4, 0.5) is 11.5 Å². The van der Waals surface area contributed by atoms with Gasteiger partial charge in [-0.15, -0.1) is 0 Å². The first-order chi connectivity index (χ1) is 19.7. The molecular formula is C25H29ClN7O7PS.